The summed E-state index contributed by atoms with van der Waals surface area (Å²) in [6, 6.07) is 1.38. The van der Waals surface area contributed by atoms with Crippen LogP contribution in [0.25, 0.3) is 0 Å². The van der Waals surface area contributed by atoms with E-state index < -0.39 is 5.82 Å². The molecule has 1 amide bonds. The third kappa shape index (κ3) is 2.58. The number of aromatic nitrogens is 1. The van der Waals surface area contributed by atoms with E-state index in [0.29, 0.717) is 23.6 Å². The zero-order valence-electron chi connectivity index (χ0n) is 10.4. The highest BCUT2D eigenvalue weighted by Crippen LogP contribution is 2.26. The van der Waals surface area contributed by atoms with Crippen LogP contribution in [0.2, 0.25) is 0 Å². The average molecular weight is 269 g/mol. The molecule has 1 aromatic heterocycles. The van der Waals surface area contributed by atoms with Crippen molar-refractivity contribution in [3.05, 3.63) is 23.6 Å². The second-order valence-electron chi connectivity index (χ2n) is 4.53. The summed E-state index contributed by atoms with van der Waals surface area (Å²) in [4.78, 5) is 17.6. The van der Waals surface area contributed by atoms with Crippen molar-refractivity contribution in [2.24, 2.45) is 0 Å². The first-order chi connectivity index (χ1) is 8.49. The molecule has 0 radical (unpaired) electrons. The van der Waals surface area contributed by atoms with Gasteiger partial charge in [0.15, 0.2) is 11.6 Å². The molecule has 18 heavy (non-hydrogen) atoms. The summed E-state index contributed by atoms with van der Waals surface area (Å²) in [5, 5.41) is 0.722. The molecule has 2 N–H and O–H groups in total. The molecule has 6 heteroatoms. The number of nitrogens with two attached hydrogens (primary N) is 1. The summed E-state index contributed by atoms with van der Waals surface area (Å²) >= 11 is 1.84. The zero-order chi connectivity index (χ0) is 13.3. The lowest BCUT2D eigenvalue weighted by molar-refractivity contribution is 0.0748. The molecule has 0 aliphatic carbocycles. The van der Waals surface area contributed by atoms with Gasteiger partial charge in [-0.05, 0) is 6.07 Å². The van der Waals surface area contributed by atoms with Crippen molar-refractivity contribution in [2.75, 3.05) is 18.8 Å². The molecule has 2 unspecified atom stereocenters. The fourth-order valence-corrected chi connectivity index (χ4v) is 3.46. The Bertz CT molecular complexity index is 459. The highest BCUT2D eigenvalue weighted by Gasteiger charge is 2.28. The number of carbonyl (C=O) groups is 1. The van der Waals surface area contributed by atoms with Gasteiger partial charge in [-0.25, -0.2) is 9.37 Å². The zero-order valence-corrected chi connectivity index (χ0v) is 11.2. The van der Waals surface area contributed by atoms with Crippen LogP contribution in [0.3, 0.4) is 0 Å². The minimum Gasteiger partial charge on any atom is -0.381 e. The Kier molecular flexibility index (Phi) is 3.75. The monoisotopic (exact) mass is 269 g/mol. The molecule has 2 rings (SSSR count). The van der Waals surface area contributed by atoms with Gasteiger partial charge in [0.05, 0.1) is 5.56 Å². The quantitative estimate of drug-likeness (QED) is 0.844. The third-order valence-electron chi connectivity index (χ3n) is 2.85. The average Bonchev–Trinajstić information content (AvgIpc) is 2.30. The van der Waals surface area contributed by atoms with E-state index in [2.05, 4.69) is 18.8 Å². The fourth-order valence-electron chi connectivity index (χ4n) is 2.14. The number of hydrogen-bond acceptors (Lipinski definition) is 4. The lowest BCUT2D eigenvalue weighted by Gasteiger charge is -2.34. The normalized spacial score (nSPS) is 24.1. The fraction of sp³-hybridized carbons (Fsp3) is 0.500. The number of nitrogens with zero attached hydrogens (tertiary/aromatic N) is 2. The lowest BCUT2D eigenvalue weighted by Crippen LogP contribution is -2.44. The van der Waals surface area contributed by atoms with Crippen molar-refractivity contribution in [1.29, 1.82) is 0 Å². The van der Waals surface area contributed by atoms with E-state index in [1.54, 1.807) is 4.90 Å². The van der Waals surface area contributed by atoms with E-state index in [1.165, 1.54) is 12.3 Å². The van der Waals surface area contributed by atoms with Crippen LogP contribution >= 0.6 is 11.8 Å². The van der Waals surface area contributed by atoms with E-state index in [-0.39, 0.29) is 17.3 Å². The van der Waals surface area contributed by atoms with Crippen LogP contribution in [-0.2, 0) is 0 Å². The maximum Gasteiger partial charge on any atom is 0.257 e. The number of hydrogen-bond donors (Lipinski definition) is 1. The van der Waals surface area contributed by atoms with Gasteiger partial charge in [0.25, 0.3) is 5.91 Å². The largest absolute Gasteiger partial charge is 0.381 e. The van der Waals surface area contributed by atoms with Crippen LogP contribution in [0.15, 0.2) is 12.3 Å². The van der Waals surface area contributed by atoms with E-state index in [9.17, 15) is 9.18 Å². The Balaban J connectivity index is 2.23. The second-order valence-corrected chi connectivity index (χ2v) is 6.41. The van der Waals surface area contributed by atoms with Crippen LogP contribution in [-0.4, -0.2) is 39.4 Å². The van der Waals surface area contributed by atoms with E-state index in [4.69, 9.17) is 5.73 Å². The van der Waals surface area contributed by atoms with Gasteiger partial charge < -0.3 is 10.6 Å². The molecular weight excluding hydrogens is 253 g/mol. The van der Waals surface area contributed by atoms with E-state index in [1.807, 2.05) is 11.8 Å². The van der Waals surface area contributed by atoms with Crippen LogP contribution < -0.4 is 5.73 Å². The molecule has 1 aliphatic heterocycles. The first kappa shape index (κ1) is 13.1. The Labute approximate surface area is 110 Å². The molecule has 4 nitrogen and oxygen atoms in total. The summed E-state index contributed by atoms with van der Waals surface area (Å²) in [6.07, 6.45) is 1.36. The molecule has 1 saturated heterocycles. The topological polar surface area (TPSA) is 59.2 Å². The number of pyridine rings is 1. The van der Waals surface area contributed by atoms with Gasteiger partial charge in [0, 0.05) is 29.8 Å². The van der Waals surface area contributed by atoms with Crippen LogP contribution in [0, 0.1) is 5.82 Å². The molecule has 2 heterocycles. The van der Waals surface area contributed by atoms with Crippen LogP contribution in [0.5, 0.6) is 0 Å². The molecule has 0 bridgehead atoms. The Hall–Kier alpha value is -1.30. The summed E-state index contributed by atoms with van der Waals surface area (Å²) in [6.45, 7) is 5.40. The molecule has 0 spiro atoms. The smallest absolute Gasteiger partial charge is 0.257 e. The van der Waals surface area contributed by atoms with Gasteiger partial charge >= 0.3 is 0 Å². The summed E-state index contributed by atoms with van der Waals surface area (Å²) < 4.78 is 13.8. The van der Waals surface area contributed by atoms with Crippen molar-refractivity contribution >= 4 is 23.5 Å². The SMILES string of the molecule is CC1CN(C(=O)c2ccnc(N)c2F)CC(C)S1. The highest BCUT2D eigenvalue weighted by molar-refractivity contribution is 8.00. The van der Waals surface area contributed by atoms with Crippen molar-refractivity contribution in [3.8, 4) is 0 Å². The molecule has 98 valence electrons. The number of nitrogen functional groups attached to an aromatic ring is 1. The Morgan fingerprint density at radius 1 is 1.50 bits per heavy atom. The maximum absolute atomic E-state index is 13.8. The third-order valence-corrected chi connectivity index (χ3v) is 4.08. The van der Waals surface area contributed by atoms with Gasteiger partial charge in [-0.3, -0.25) is 4.79 Å². The summed E-state index contributed by atoms with van der Waals surface area (Å²) in [5.41, 5.74) is 5.39. The van der Waals surface area contributed by atoms with Gasteiger partial charge in [0.1, 0.15) is 0 Å². The number of carbonyl (C=O) groups excluding carboxylic acids is 1. The van der Waals surface area contributed by atoms with Gasteiger partial charge in [-0.1, -0.05) is 13.8 Å². The van der Waals surface area contributed by atoms with E-state index >= 15 is 0 Å². The first-order valence-electron chi connectivity index (χ1n) is 5.83. The Morgan fingerprint density at radius 2 is 2.11 bits per heavy atom. The predicted molar refractivity (Wildman–Crippen MR) is 71.0 cm³/mol. The van der Waals surface area contributed by atoms with Gasteiger partial charge in [0.2, 0.25) is 0 Å². The second kappa shape index (κ2) is 5.14. The van der Waals surface area contributed by atoms with Crippen molar-refractivity contribution in [1.82, 2.24) is 9.88 Å². The minimum atomic E-state index is -0.721. The molecule has 1 aromatic rings. The van der Waals surface area contributed by atoms with Crippen molar-refractivity contribution in [3.63, 3.8) is 0 Å². The Morgan fingerprint density at radius 3 is 2.72 bits per heavy atom. The summed E-state index contributed by atoms with van der Waals surface area (Å²) in [7, 11) is 0. The van der Waals surface area contributed by atoms with Crippen LogP contribution in [0.1, 0.15) is 24.2 Å². The molecule has 0 aromatic carbocycles. The molecular formula is C12H16FN3OS. The van der Waals surface area contributed by atoms with Crippen LogP contribution in [0.4, 0.5) is 10.2 Å². The number of rotatable bonds is 1. The van der Waals surface area contributed by atoms with Crippen molar-refractivity contribution in [2.45, 2.75) is 24.3 Å². The number of anilines is 1. The van der Waals surface area contributed by atoms with E-state index in [0.717, 1.165) is 0 Å². The first-order valence-corrected chi connectivity index (χ1v) is 6.78. The maximum atomic E-state index is 13.8. The molecule has 0 saturated carbocycles. The minimum absolute atomic E-state index is 0.00815. The van der Waals surface area contributed by atoms with Gasteiger partial charge in [-0.15, -0.1) is 0 Å². The number of halogens is 1. The standard InChI is InChI=1S/C12H16FN3OS/c1-7-5-16(6-8(2)18-7)12(17)9-3-4-15-11(14)10(9)13/h3-4,7-8H,5-6H2,1-2H3,(H2,14,15). The molecule has 1 aliphatic rings. The highest BCUT2D eigenvalue weighted by atomic mass is 32.2. The van der Waals surface area contributed by atoms with Gasteiger partial charge in [-0.2, -0.15) is 11.8 Å². The number of thioether (sulfide) groups is 1. The summed E-state index contributed by atoms with van der Waals surface area (Å²) in [5.74, 6) is -1.25. The van der Waals surface area contributed by atoms with Crippen molar-refractivity contribution < 1.29 is 9.18 Å². The molecule has 1 fully saturated rings. The number of amides is 1. The molecule has 2 atom stereocenters. The predicted octanol–water partition coefficient (Wildman–Crippen LogP) is 1.77. The lowest BCUT2D eigenvalue weighted by atomic mass is 10.2.